The highest BCUT2D eigenvalue weighted by Crippen LogP contribution is 2.41. The fourth-order valence-electron chi connectivity index (χ4n) is 2.71. The normalized spacial score (nSPS) is 12.4. The van der Waals surface area contributed by atoms with Crippen LogP contribution >= 0.6 is 22.9 Å². The minimum Gasteiger partial charge on any atom is -0.351 e. The van der Waals surface area contributed by atoms with Crippen molar-refractivity contribution in [3.8, 4) is 11.3 Å². The molecule has 2 aromatic heterocycles. The van der Waals surface area contributed by atoms with E-state index in [9.17, 15) is 21.6 Å². The average molecular weight is 451 g/mol. The summed E-state index contributed by atoms with van der Waals surface area (Å²) >= 11 is 7.08. The Labute approximate surface area is 168 Å². The number of sulfonamides is 1. The Balaban J connectivity index is 2.12. The van der Waals surface area contributed by atoms with E-state index in [1.165, 1.54) is 6.07 Å². The molecule has 0 aliphatic rings. The van der Waals surface area contributed by atoms with Crippen LogP contribution in [0.3, 0.4) is 0 Å². The van der Waals surface area contributed by atoms with Gasteiger partial charge in [0.25, 0.3) is 10.0 Å². The highest BCUT2D eigenvalue weighted by Gasteiger charge is 2.37. The van der Waals surface area contributed by atoms with Crippen LogP contribution in [0.15, 0.2) is 33.7 Å². The molecule has 1 aromatic carbocycles. The lowest BCUT2D eigenvalue weighted by molar-refractivity contribution is -0.155. The number of hydrogen-bond acceptors (Lipinski definition) is 5. The van der Waals surface area contributed by atoms with E-state index >= 15 is 0 Å². The molecule has 3 rings (SSSR count). The average Bonchev–Trinajstić information content (AvgIpc) is 3.14. The summed E-state index contributed by atoms with van der Waals surface area (Å²) < 4.78 is 71.5. The van der Waals surface area contributed by atoms with Crippen LogP contribution in [0.2, 0.25) is 5.02 Å². The Morgan fingerprint density at radius 3 is 2.43 bits per heavy atom. The lowest BCUT2D eigenvalue weighted by Crippen LogP contribution is -2.15. The van der Waals surface area contributed by atoms with Gasteiger partial charge < -0.3 is 4.52 Å². The van der Waals surface area contributed by atoms with E-state index in [2.05, 4.69) is 14.4 Å². The van der Waals surface area contributed by atoms with Crippen molar-refractivity contribution >= 4 is 38.6 Å². The smallest absolute Gasteiger partial charge is 0.351 e. The lowest BCUT2D eigenvalue weighted by atomic mass is 10.1. The van der Waals surface area contributed by atoms with Gasteiger partial charge in [-0.15, -0.1) is 11.3 Å². The van der Waals surface area contributed by atoms with E-state index in [0.717, 1.165) is 11.3 Å². The van der Waals surface area contributed by atoms with E-state index in [1.54, 1.807) is 32.9 Å². The first-order chi connectivity index (χ1) is 12.9. The van der Waals surface area contributed by atoms with Crippen LogP contribution in [0.4, 0.5) is 18.9 Å². The Morgan fingerprint density at radius 1 is 1.14 bits per heavy atom. The summed E-state index contributed by atoms with van der Waals surface area (Å²) in [6.07, 6.45) is -4.72. The van der Waals surface area contributed by atoms with Crippen LogP contribution in [0.1, 0.15) is 21.1 Å². The topological polar surface area (TPSA) is 72.2 Å². The molecule has 0 spiro atoms. The zero-order valence-corrected chi connectivity index (χ0v) is 17.2. The van der Waals surface area contributed by atoms with Gasteiger partial charge in [0.1, 0.15) is 10.6 Å². The third kappa shape index (κ3) is 3.89. The summed E-state index contributed by atoms with van der Waals surface area (Å²) in [7, 11) is -4.13. The van der Waals surface area contributed by atoms with Gasteiger partial charge in [-0.2, -0.15) is 13.2 Å². The molecule has 28 heavy (non-hydrogen) atoms. The van der Waals surface area contributed by atoms with Crippen LogP contribution < -0.4 is 4.72 Å². The SMILES string of the molecule is Cc1ccc(Cl)cc1NS(=O)(=O)c1c(C)sc(C)c1-c1cc(C(F)(F)F)on1. The number of benzene rings is 1. The largest absolute Gasteiger partial charge is 0.452 e. The number of aromatic nitrogens is 1. The van der Waals surface area contributed by atoms with Gasteiger partial charge >= 0.3 is 6.18 Å². The van der Waals surface area contributed by atoms with Crippen LogP contribution in [-0.4, -0.2) is 13.6 Å². The maximum Gasteiger partial charge on any atom is 0.452 e. The second kappa shape index (κ2) is 7.09. The van der Waals surface area contributed by atoms with Gasteiger partial charge in [0, 0.05) is 26.4 Å². The Kier molecular flexibility index (Phi) is 5.24. The van der Waals surface area contributed by atoms with Crippen molar-refractivity contribution in [3.63, 3.8) is 0 Å². The van der Waals surface area contributed by atoms with E-state index < -0.39 is 22.0 Å². The number of anilines is 1. The summed E-state index contributed by atoms with van der Waals surface area (Å²) in [5, 5.41) is 3.78. The lowest BCUT2D eigenvalue weighted by Gasteiger charge is -2.12. The van der Waals surface area contributed by atoms with Gasteiger partial charge in [-0.1, -0.05) is 22.8 Å². The second-order valence-corrected chi connectivity index (χ2v) is 9.54. The maximum absolute atomic E-state index is 13.1. The minimum atomic E-state index is -4.72. The molecule has 0 radical (unpaired) electrons. The summed E-state index contributed by atoms with van der Waals surface area (Å²) in [6.45, 7) is 4.89. The van der Waals surface area contributed by atoms with Crippen LogP contribution in [0, 0.1) is 20.8 Å². The summed E-state index contributed by atoms with van der Waals surface area (Å²) in [5.41, 5.74) is 0.795. The summed E-state index contributed by atoms with van der Waals surface area (Å²) in [5.74, 6) is -1.30. The quantitative estimate of drug-likeness (QED) is 0.545. The van der Waals surface area contributed by atoms with Gasteiger partial charge in [0.05, 0.1) is 5.69 Å². The van der Waals surface area contributed by atoms with Crippen molar-refractivity contribution in [2.75, 3.05) is 4.72 Å². The number of nitrogens with one attached hydrogen (secondary N) is 1. The standard InChI is InChI=1S/C17H14ClF3N2O3S2/c1-8-4-5-11(18)6-12(8)23-28(24,25)16-10(3)27-9(2)15(16)13-7-14(26-22-13)17(19,20)21/h4-7,23H,1-3H3. The number of halogens is 4. The van der Waals surface area contributed by atoms with Gasteiger partial charge in [0.15, 0.2) is 0 Å². The molecule has 1 N–H and O–H groups in total. The number of hydrogen-bond donors (Lipinski definition) is 1. The predicted octanol–water partition coefficient (Wildman–Crippen LogP) is 5.80. The molecule has 11 heteroatoms. The van der Waals surface area contributed by atoms with E-state index in [1.807, 2.05) is 0 Å². The number of thiophene rings is 1. The first kappa shape index (κ1) is 20.7. The Bertz CT molecular complexity index is 1150. The van der Waals surface area contributed by atoms with Crippen LogP contribution in [-0.2, 0) is 16.2 Å². The summed E-state index contributed by atoms with van der Waals surface area (Å²) in [4.78, 5) is 0.773. The zero-order chi connectivity index (χ0) is 20.9. The molecule has 0 atom stereocenters. The number of rotatable bonds is 4. The van der Waals surface area contributed by atoms with E-state index in [0.29, 0.717) is 26.4 Å². The highest BCUT2D eigenvalue weighted by atomic mass is 35.5. The number of alkyl halides is 3. The van der Waals surface area contributed by atoms with Crippen molar-refractivity contribution in [2.45, 2.75) is 31.8 Å². The molecule has 0 saturated carbocycles. The second-order valence-electron chi connectivity index (χ2n) is 6.06. The Hall–Kier alpha value is -2.04. The molecule has 2 heterocycles. The third-order valence-electron chi connectivity index (χ3n) is 3.96. The molecule has 3 aromatic rings. The van der Waals surface area contributed by atoms with Gasteiger partial charge in [-0.3, -0.25) is 4.72 Å². The monoisotopic (exact) mass is 450 g/mol. The maximum atomic E-state index is 13.1. The van der Waals surface area contributed by atoms with Crippen LogP contribution in [0.25, 0.3) is 11.3 Å². The molecule has 0 aliphatic carbocycles. The van der Waals surface area contributed by atoms with Crippen molar-refractivity contribution < 1.29 is 26.1 Å². The first-order valence-corrected chi connectivity index (χ1v) is 10.5. The van der Waals surface area contributed by atoms with Gasteiger partial charge in [-0.25, -0.2) is 8.42 Å². The molecule has 0 saturated heterocycles. The van der Waals surface area contributed by atoms with Crippen molar-refractivity contribution in [3.05, 3.63) is 50.4 Å². The van der Waals surface area contributed by atoms with E-state index in [-0.39, 0.29) is 21.8 Å². The third-order valence-corrected chi connectivity index (χ3v) is 6.88. The van der Waals surface area contributed by atoms with Crippen molar-refractivity contribution in [1.29, 1.82) is 0 Å². The number of nitrogens with zero attached hydrogens (tertiary/aromatic N) is 1. The molecular formula is C17H14ClF3N2O3S2. The molecule has 0 amide bonds. The Morgan fingerprint density at radius 2 is 1.82 bits per heavy atom. The van der Waals surface area contributed by atoms with Gasteiger partial charge in [-0.05, 0) is 38.5 Å². The first-order valence-electron chi connectivity index (χ1n) is 7.83. The fourth-order valence-corrected chi connectivity index (χ4v) is 5.88. The molecule has 0 fully saturated rings. The van der Waals surface area contributed by atoms with Gasteiger partial charge in [0.2, 0.25) is 5.76 Å². The molecule has 0 aliphatic heterocycles. The van der Waals surface area contributed by atoms with Crippen LogP contribution in [0.5, 0.6) is 0 Å². The van der Waals surface area contributed by atoms with Crippen molar-refractivity contribution in [1.82, 2.24) is 5.16 Å². The predicted molar refractivity (Wildman–Crippen MR) is 101 cm³/mol. The molecule has 0 unspecified atom stereocenters. The zero-order valence-electron chi connectivity index (χ0n) is 14.8. The highest BCUT2D eigenvalue weighted by molar-refractivity contribution is 7.93. The van der Waals surface area contributed by atoms with Crippen molar-refractivity contribution in [2.24, 2.45) is 0 Å². The molecule has 5 nitrogen and oxygen atoms in total. The number of aryl methyl sites for hydroxylation is 3. The summed E-state index contributed by atoms with van der Waals surface area (Å²) in [6, 6.07) is 5.42. The molecular weight excluding hydrogens is 437 g/mol. The fraction of sp³-hybridized carbons (Fsp3) is 0.235. The molecule has 0 bridgehead atoms. The minimum absolute atomic E-state index is 0.0777. The van der Waals surface area contributed by atoms with E-state index in [4.69, 9.17) is 11.6 Å². The molecule has 150 valence electrons.